The lowest BCUT2D eigenvalue weighted by Gasteiger charge is -2.42. The lowest BCUT2D eigenvalue weighted by Crippen LogP contribution is -2.50. The monoisotopic (exact) mass is 587 g/mol. The van der Waals surface area contributed by atoms with Crippen molar-refractivity contribution in [3.63, 3.8) is 0 Å². The molecule has 4 rings (SSSR count). The van der Waals surface area contributed by atoms with Crippen molar-refractivity contribution in [3.05, 3.63) is 63.9 Å². The molecule has 0 atom stereocenters. The van der Waals surface area contributed by atoms with Crippen LogP contribution in [0.25, 0.3) is 21.7 Å². The topological polar surface area (TPSA) is 90.4 Å². The molecule has 2 aromatic carbocycles. The number of pyridine rings is 1. The molecule has 0 saturated carbocycles. The maximum absolute atomic E-state index is 14.6. The van der Waals surface area contributed by atoms with Crippen LogP contribution in [0.1, 0.15) is 58.2 Å². The van der Waals surface area contributed by atoms with Gasteiger partial charge in [0.25, 0.3) is 8.32 Å². The average Bonchev–Trinajstić information content (AvgIpc) is 3.15. The molecule has 0 spiro atoms. The zero-order valence-electron chi connectivity index (χ0n) is 23.9. The summed E-state index contributed by atoms with van der Waals surface area (Å²) in [7, 11) is -0.793. The predicted octanol–water partition coefficient (Wildman–Crippen LogP) is 7.54. The number of hydrogen-bond acceptors (Lipinski definition) is 4. The summed E-state index contributed by atoms with van der Waals surface area (Å²) < 4.78 is 37.1. The minimum Gasteiger partial charge on any atom is -0.541 e. The first-order valence-corrected chi connectivity index (χ1v) is 15.9. The van der Waals surface area contributed by atoms with Gasteiger partial charge < -0.3 is 19.8 Å². The van der Waals surface area contributed by atoms with Gasteiger partial charge in [-0.3, -0.25) is 9.78 Å². The van der Waals surface area contributed by atoms with Crippen LogP contribution in [-0.4, -0.2) is 28.9 Å². The van der Waals surface area contributed by atoms with Crippen molar-refractivity contribution in [2.45, 2.75) is 71.0 Å². The number of aromatic nitrogens is 2. The first-order chi connectivity index (χ1) is 18.7. The Balaban J connectivity index is 2.05. The average molecular weight is 588 g/mol. The van der Waals surface area contributed by atoms with Crippen LogP contribution in [0.5, 0.6) is 11.6 Å². The number of halogens is 3. The minimum atomic E-state index is -2.51. The van der Waals surface area contributed by atoms with Gasteiger partial charge in [-0.2, -0.15) is 0 Å². The highest BCUT2D eigenvalue weighted by Crippen LogP contribution is 2.49. The number of nitrogens with two attached hydrogens (primary N) is 1. The molecule has 6 nitrogen and oxygen atoms in total. The fraction of sp³-hybridized carbons (Fsp3) is 0.400. The standard InChI is InChI=1S/C30H36ClF2N3O3Si/c1-15(2)40(16(3)4,17(5)6)39-29-27-22(14-36(7)30(27)38)20(11-26(34)37)21-9-18(13-35-28(21)29)8-19-10-23(31)25(33)12-24(19)32/h9-10,12-17,38H,8,11H2,1-7H3,(H2,34,37). The molecule has 214 valence electrons. The number of amides is 1. The Bertz CT molecular complexity index is 1600. The molecule has 2 heterocycles. The van der Waals surface area contributed by atoms with Gasteiger partial charge in [-0.15, -0.1) is 0 Å². The van der Waals surface area contributed by atoms with Gasteiger partial charge in [-0.05, 0) is 45.4 Å². The number of hydrogen-bond donors (Lipinski definition) is 2. The molecule has 10 heteroatoms. The summed E-state index contributed by atoms with van der Waals surface area (Å²) >= 11 is 5.92. The Labute approximate surface area is 239 Å². The van der Waals surface area contributed by atoms with Gasteiger partial charge >= 0.3 is 0 Å². The number of benzene rings is 2. The highest BCUT2D eigenvalue weighted by atomic mass is 35.5. The second kappa shape index (κ2) is 11.0. The quantitative estimate of drug-likeness (QED) is 0.156. The van der Waals surface area contributed by atoms with Crippen LogP contribution in [0, 0.1) is 11.6 Å². The van der Waals surface area contributed by atoms with Crippen molar-refractivity contribution in [1.82, 2.24) is 9.55 Å². The zero-order chi connectivity index (χ0) is 29.7. The second-order valence-corrected chi connectivity index (χ2v) is 17.3. The Hall–Kier alpha value is -3.17. The van der Waals surface area contributed by atoms with E-state index in [9.17, 15) is 18.7 Å². The van der Waals surface area contributed by atoms with Crippen molar-refractivity contribution < 1.29 is 23.1 Å². The van der Waals surface area contributed by atoms with E-state index in [2.05, 4.69) is 41.5 Å². The molecule has 4 aromatic rings. The summed E-state index contributed by atoms with van der Waals surface area (Å²) in [5, 5.41) is 12.8. The van der Waals surface area contributed by atoms with Gasteiger partial charge in [0.05, 0.1) is 16.8 Å². The lowest BCUT2D eigenvalue weighted by atomic mass is 9.96. The van der Waals surface area contributed by atoms with Crippen LogP contribution in [0.15, 0.2) is 30.6 Å². The first-order valence-electron chi connectivity index (χ1n) is 13.4. The number of fused-ring (bicyclic) bond motifs is 2. The minimum absolute atomic E-state index is 0.00527. The number of nitrogens with zero attached hydrogens (tertiary/aromatic N) is 2. The number of aromatic hydroxyl groups is 1. The van der Waals surface area contributed by atoms with Gasteiger partial charge in [-0.1, -0.05) is 53.1 Å². The molecule has 1 amide bonds. The maximum Gasteiger partial charge on any atom is 0.258 e. The molecule has 0 unspecified atom stereocenters. The highest BCUT2D eigenvalue weighted by Gasteiger charge is 2.48. The number of carbonyl (C=O) groups excluding carboxylic acids is 1. The van der Waals surface area contributed by atoms with Crippen LogP contribution < -0.4 is 10.2 Å². The summed E-state index contributed by atoms with van der Waals surface area (Å²) in [4.78, 5) is 17.0. The second-order valence-electron chi connectivity index (χ2n) is 11.5. The summed E-state index contributed by atoms with van der Waals surface area (Å²) in [6.07, 6.45) is 3.36. The van der Waals surface area contributed by atoms with Gasteiger partial charge in [0.1, 0.15) is 22.9 Å². The zero-order valence-corrected chi connectivity index (χ0v) is 25.7. The number of aryl methyl sites for hydroxylation is 1. The fourth-order valence-electron chi connectivity index (χ4n) is 6.26. The molecule has 0 aliphatic carbocycles. The van der Waals surface area contributed by atoms with Crippen molar-refractivity contribution in [3.8, 4) is 11.6 Å². The van der Waals surface area contributed by atoms with Crippen molar-refractivity contribution in [1.29, 1.82) is 0 Å². The van der Waals surface area contributed by atoms with Crippen LogP contribution in [0.4, 0.5) is 8.78 Å². The lowest BCUT2D eigenvalue weighted by molar-refractivity contribution is -0.117. The van der Waals surface area contributed by atoms with Gasteiger partial charge in [0, 0.05) is 42.7 Å². The van der Waals surface area contributed by atoms with Crippen molar-refractivity contribution in [2.24, 2.45) is 12.8 Å². The maximum atomic E-state index is 14.6. The predicted molar refractivity (Wildman–Crippen MR) is 159 cm³/mol. The molecule has 0 radical (unpaired) electrons. The van der Waals surface area contributed by atoms with Gasteiger partial charge in [-0.25, -0.2) is 8.78 Å². The molecular formula is C30H36ClF2N3O3Si. The molecular weight excluding hydrogens is 552 g/mol. The van der Waals surface area contributed by atoms with E-state index >= 15 is 0 Å². The van der Waals surface area contributed by atoms with E-state index < -0.39 is 25.9 Å². The summed E-state index contributed by atoms with van der Waals surface area (Å²) in [6.45, 7) is 13.0. The van der Waals surface area contributed by atoms with E-state index in [1.54, 1.807) is 24.0 Å². The smallest absolute Gasteiger partial charge is 0.258 e. The third-order valence-electron chi connectivity index (χ3n) is 8.01. The Kier molecular flexibility index (Phi) is 8.20. The molecule has 0 bridgehead atoms. The van der Waals surface area contributed by atoms with E-state index in [-0.39, 0.29) is 45.9 Å². The van der Waals surface area contributed by atoms with Crippen molar-refractivity contribution >= 4 is 47.5 Å². The third-order valence-corrected chi connectivity index (χ3v) is 14.3. The van der Waals surface area contributed by atoms with E-state index in [0.29, 0.717) is 38.6 Å². The summed E-state index contributed by atoms with van der Waals surface area (Å²) in [6, 6.07) is 3.86. The number of primary amides is 1. The third kappa shape index (κ3) is 5.05. The van der Waals surface area contributed by atoms with Crippen molar-refractivity contribution in [2.75, 3.05) is 0 Å². The highest BCUT2D eigenvalue weighted by molar-refractivity contribution is 6.78. The molecule has 0 aliphatic heterocycles. The van der Waals surface area contributed by atoms with Crippen LogP contribution in [0.3, 0.4) is 0 Å². The van der Waals surface area contributed by atoms with E-state index in [0.717, 1.165) is 6.07 Å². The van der Waals surface area contributed by atoms with Crippen LogP contribution >= 0.6 is 11.6 Å². The summed E-state index contributed by atoms with van der Waals surface area (Å²) in [5.74, 6) is -1.61. The Morgan fingerprint density at radius 2 is 1.70 bits per heavy atom. The number of rotatable bonds is 9. The normalized spacial score (nSPS) is 12.4. The summed E-state index contributed by atoms with van der Waals surface area (Å²) in [5.41, 5.74) is 8.35. The van der Waals surface area contributed by atoms with E-state index in [1.165, 1.54) is 6.07 Å². The molecule has 40 heavy (non-hydrogen) atoms. The van der Waals surface area contributed by atoms with Crippen LogP contribution in [0.2, 0.25) is 21.6 Å². The molecule has 0 aliphatic rings. The first kappa shape index (κ1) is 29.8. The fourth-order valence-corrected chi connectivity index (χ4v) is 11.7. The van der Waals surface area contributed by atoms with Gasteiger partial charge in [0.2, 0.25) is 11.8 Å². The molecule has 2 aromatic heterocycles. The largest absolute Gasteiger partial charge is 0.541 e. The van der Waals surface area contributed by atoms with Gasteiger partial charge in [0.15, 0.2) is 0 Å². The molecule has 0 fully saturated rings. The van der Waals surface area contributed by atoms with E-state index in [1.807, 2.05) is 6.07 Å². The SMILES string of the molecule is CC(C)[Si](Oc1c2ncc(Cc3cc(Cl)c(F)cc3F)cc2c(CC(N)=O)c2cn(C)c(O)c12)(C(C)C)C(C)C. The Morgan fingerprint density at radius 3 is 2.27 bits per heavy atom. The molecule has 3 N–H and O–H groups in total. The Morgan fingerprint density at radius 1 is 1.07 bits per heavy atom. The molecule has 0 saturated heterocycles. The number of carbonyl (C=O) groups is 1. The van der Waals surface area contributed by atoms with E-state index in [4.69, 9.17) is 26.7 Å². The van der Waals surface area contributed by atoms with Crippen LogP contribution in [-0.2, 0) is 24.7 Å².